The van der Waals surface area contributed by atoms with Crippen molar-refractivity contribution in [2.24, 2.45) is 11.8 Å². The second-order valence-electron chi connectivity index (χ2n) is 6.62. The van der Waals surface area contributed by atoms with Gasteiger partial charge < -0.3 is 14.6 Å². The Morgan fingerprint density at radius 2 is 2.18 bits per heavy atom. The summed E-state index contributed by atoms with van der Waals surface area (Å²) in [5, 5.41) is 1.09. The first-order chi connectivity index (χ1) is 10.8. The fourth-order valence-corrected chi connectivity index (χ4v) is 4.25. The Hall–Kier alpha value is -1.81. The van der Waals surface area contributed by atoms with Crippen LogP contribution in [0.3, 0.4) is 0 Å². The highest BCUT2D eigenvalue weighted by atomic mass is 16.5. The van der Waals surface area contributed by atoms with Crippen molar-refractivity contribution in [3.05, 3.63) is 36.0 Å². The van der Waals surface area contributed by atoms with E-state index in [2.05, 4.69) is 4.98 Å². The lowest BCUT2D eigenvalue weighted by molar-refractivity contribution is 0.0126. The summed E-state index contributed by atoms with van der Waals surface area (Å²) >= 11 is 0. The summed E-state index contributed by atoms with van der Waals surface area (Å²) in [4.78, 5) is 18.0. The zero-order valence-corrected chi connectivity index (χ0v) is 12.9. The number of rotatable bonds is 2. The molecule has 2 aliphatic rings. The van der Waals surface area contributed by atoms with Gasteiger partial charge in [0.1, 0.15) is 0 Å². The van der Waals surface area contributed by atoms with E-state index in [4.69, 9.17) is 4.74 Å². The maximum Gasteiger partial charge on any atom is 0.253 e. The van der Waals surface area contributed by atoms with E-state index in [-0.39, 0.29) is 5.91 Å². The van der Waals surface area contributed by atoms with Gasteiger partial charge in [-0.1, -0.05) is 6.42 Å². The fraction of sp³-hybridized carbons (Fsp3) is 0.500. The molecule has 2 aromatic rings. The molecule has 0 unspecified atom stereocenters. The quantitative estimate of drug-likeness (QED) is 0.926. The van der Waals surface area contributed by atoms with Gasteiger partial charge >= 0.3 is 0 Å². The molecule has 3 atom stereocenters. The summed E-state index contributed by atoms with van der Waals surface area (Å²) in [6.07, 6.45) is 5.81. The van der Waals surface area contributed by atoms with Crippen LogP contribution in [0.15, 0.2) is 30.5 Å². The number of carbonyl (C=O) groups excluding carboxylic acids is 1. The Morgan fingerprint density at radius 1 is 1.27 bits per heavy atom. The Labute approximate surface area is 130 Å². The predicted octanol–water partition coefficient (Wildman–Crippen LogP) is 3.06. The van der Waals surface area contributed by atoms with Crippen LogP contribution in [-0.4, -0.2) is 42.1 Å². The molecule has 4 nitrogen and oxygen atoms in total. The Balaban J connectivity index is 1.55. The van der Waals surface area contributed by atoms with Gasteiger partial charge in [0, 0.05) is 48.8 Å². The third kappa shape index (κ3) is 2.22. The molecule has 4 heteroatoms. The molecule has 0 radical (unpaired) electrons. The number of carbonyl (C=O) groups is 1. The highest BCUT2D eigenvalue weighted by molar-refractivity contribution is 5.98. The van der Waals surface area contributed by atoms with Crippen molar-refractivity contribution in [3.8, 4) is 0 Å². The van der Waals surface area contributed by atoms with E-state index in [0.29, 0.717) is 17.9 Å². The molecule has 1 aliphatic heterocycles. The standard InChI is InChI=1S/C18H22N2O2/c1-22-17-4-2-3-14-10-20(11-15(14)17)18(21)13-5-6-16-12(9-13)7-8-19-16/h5-9,14-15,17,19H,2-4,10-11H2,1H3/t14-,15+,17-/m1/s1. The van der Waals surface area contributed by atoms with Gasteiger partial charge in [-0.2, -0.15) is 0 Å². The molecule has 0 spiro atoms. The first-order valence-corrected chi connectivity index (χ1v) is 8.15. The number of aromatic nitrogens is 1. The number of H-pyrrole nitrogens is 1. The molecule has 2 heterocycles. The van der Waals surface area contributed by atoms with E-state index in [1.807, 2.05) is 35.4 Å². The molecule has 1 saturated carbocycles. The molecule has 1 amide bonds. The maximum atomic E-state index is 12.8. The topological polar surface area (TPSA) is 45.3 Å². The summed E-state index contributed by atoms with van der Waals surface area (Å²) in [5.74, 6) is 1.28. The summed E-state index contributed by atoms with van der Waals surface area (Å²) in [5.41, 5.74) is 1.87. The van der Waals surface area contributed by atoms with Crippen LogP contribution in [0.4, 0.5) is 0 Å². The molecule has 1 N–H and O–H groups in total. The molecule has 0 bridgehead atoms. The highest BCUT2D eigenvalue weighted by Crippen LogP contribution is 2.38. The smallest absolute Gasteiger partial charge is 0.253 e. The lowest BCUT2D eigenvalue weighted by atomic mass is 9.79. The number of amides is 1. The minimum atomic E-state index is 0.160. The van der Waals surface area contributed by atoms with Crippen LogP contribution in [0.2, 0.25) is 0 Å². The van der Waals surface area contributed by atoms with Gasteiger partial charge in [0.05, 0.1) is 6.10 Å². The van der Waals surface area contributed by atoms with E-state index in [1.54, 1.807) is 7.11 Å². The second-order valence-corrected chi connectivity index (χ2v) is 6.62. The number of likely N-dealkylation sites (tertiary alicyclic amines) is 1. The first-order valence-electron chi connectivity index (χ1n) is 8.15. The number of nitrogens with one attached hydrogen (secondary N) is 1. The molecular weight excluding hydrogens is 276 g/mol. The fourth-order valence-electron chi connectivity index (χ4n) is 4.25. The summed E-state index contributed by atoms with van der Waals surface area (Å²) in [6, 6.07) is 7.92. The largest absolute Gasteiger partial charge is 0.381 e. The Bertz CT molecular complexity index is 693. The second kappa shape index (κ2) is 5.43. The van der Waals surface area contributed by atoms with Gasteiger partial charge in [0.25, 0.3) is 5.91 Å². The van der Waals surface area contributed by atoms with Gasteiger partial charge in [-0.15, -0.1) is 0 Å². The molecule has 2 fully saturated rings. The molecule has 1 saturated heterocycles. The Morgan fingerprint density at radius 3 is 3.05 bits per heavy atom. The van der Waals surface area contributed by atoms with Crippen molar-refractivity contribution >= 4 is 16.8 Å². The molecule has 22 heavy (non-hydrogen) atoms. The molecular formula is C18H22N2O2. The monoisotopic (exact) mass is 298 g/mol. The Kier molecular flexibility index (Phi) is 3.41. The van der Waals surface area contributed by atoms with Crippen molar-refractivity contribution in [1.29, 1.82) is 0 Å². The number of ether oxygens (including phenoxy) is 1. The zero-order valence-electron chi connectivity index (χ0n) is 12.9. The lowest BCUT2D eigenvalue weighted by Gasteiger charge is -2.31. The minimum absolute atomic E-state index is 0.160. The highest BCUT2D eigenvalue weighted by Gasteiger charge is 2.42. The van der Waals surface area contributed by atoms with Gasteiger partial charge in [-0.3, -0.25) is 4.79 Å². The van der Waals surface area contributed by atoms with Gasteiger partial charge in [0.15, 0.2) is 0 Å². The number of methoxy groups -OCH3 is 1. The number of nitrogens with zero attached hydrogens (tertiary/aromatic N) is 1. The van der Waals surface area contributed by atoms with Gasteiger partial charge in [-0.25, -0.2) is 0 Å². The lowest BCUT2D eigenvalue weighted by Crippen LogP contribution is -2.33. The normalized spacial score (nSPS) is 28.0. The van der Waals surface area contributed by atoms with Crippen molar-refractivity contribution < 1.29 is 9.53 Å². The van der Waals surface area contributed by atoms with E-state index in [0.717, 1.165) is 36.0 Å². The third-order valence-corrected chi connectivity index (χ3v) is 5.42. The van der Waals surface area contributed by atoms with E-state index in [9.17, 15) is 4.79 Å². The van der Waals surface area contributed by atoms with Crippen LogP contribution in [0.25, 0.3) is 10.9 Å². The molecule has 116 valence electrons. The molecule has 1 aromatic heterocycles. The summed E-state index contributed by atoms with van der Waals surface area (Å²) in [7, 11) is 1.80. The van der Waals surface area contributed by atoms with Crippen LogP contribution < -0.4 is 0 Å². The molecule has 1 aliphatic carbocycles. The van der Waals surface area contributed by atoms with Crippen molar-refractivity contribution in [2.75, 3.05) is 20.2 Å². The number of hydrogen-bond acceptors (Lipinski definition) is 2. The predicted molar refractivity (Wildman–Crippen MR) is 85.8 cm³/mol. The van der Waals surface area contributed by atoms with Crippen LogP contribution in [0.5, 0.6) is 0 Å². The zero-order chi connectivity index (χ0) is 15.1. The van der Waals surface area contributed by atoms with Crippen molar-refractivity contribution in [3.63, 3.8) is 0 Å². The SMILES string of the molecule is CO[C@@H]1CCC[C@@H]2CN(C(=O)c3ccc4[nH]ccc4c3)C[C@@H]21. The van der Waals surface area contributed by atoms with E-state index >= 15 is 0 Å². The van der Waals surface area contributed by atoms with Crippen LogP contribution >= 0.6 is 0 Å². The average molecular weight is 298 g/mol. The van der Waals surface area contributed by atoms with Crippen molar-refractivity contribution in [1.82, 2.24) is 9.88 Å². The minimum Gasteiger partial charge on any atom is -0.381 e. The number of aromatic amines is 1. The average Bonchev–Trinajstić information content (AvgIpc) is 3.19. The van der Waals surface area contributed by atoms with Crippen molar-refractivity contribution in [2.45, 2.75) is 25.4 Å². The van der Waals surface area contributed by atoms with Gasteiger partial charge in [0.2, 0.25) is 0 Å². The summed E-state index contributed by atoms with van der Waals surface area (Å²) < 4.78 is 5.64. The number of fused-ring (bicyclic) bond motifs is 2. The molecule has 4 rings (SSSR count). The van der Waals surface area contributed by atoms with E-state index in [1.165, 1.54) is 12.8 Å². The van der Waals surface area contributed by atoms with Crippen LogP contribution in [0.1, 0.15) is 29.6 Å². The number of benzene rings is 1. The van der Waals surface area contributed by atoms with Crippen LogP contribution in [0, 0.1) is 11.8 Å². The summed E-state index contributed by atoms with van der Waals surface area (Å²) in [6.45, 7) is 1.72. The van der Waals surface area contributed by atoms with E-state index < -0.39 is 0 Å². The first kappa shape index (κ1) is 13.8. The maximum absolute atomic E-state index is 12.8. The molecule has 1 aromatic carbocycles. The number of hydrogen-bond donors (Lipinski definition) is 1. The van der Waals surface area contributed by atoms with Gasteiger partial charge in [-0.05, 0) is 43.0 Å². The third-order valence-electron chi connectivity index (χ3n) is 5.42. The van der Waals surface area contributed by atoms with Crippen LogP contribution in [-0.2, 0) is 4.74 Å².